The Bertz CT molecular complexity index is 726. The number of amides is 1. The zero-order chi connectivity index (χ0) is 18.2. The summed E-state index contributed by atoms with van der Waals surface area (Å²) in [6, 6.07) is 7.75. The molecule has 1 amide bonds. The van der Waals surface area contributed by atoms with Crippen LogP contribution >= 0.6 is 15.9 Å². The molecule has 0 aliphatic rings. The number of nitrogens with one attached hydrogen (secondary N) is 1. The van der Waals surface area contributed by atoms with Crippen molar-refractivity contribution < 1.29 is 14.3 Å². The number of carbonyl (C=O) groups excluding carboxylic acids is 2. The smallest absolute Gasteiger partial charge is 0.305 e. The lowest BCUT2D eigenvalue weighted by Crippen LogP contribution is -2.25. The van der Waals surface area contributed by atoms with E-state index < -0.39 is 0 Å². The quantitative estimate of drug-likeness (QED) is 0.537. The summed E-state index contributed by atoms with van der Waals surface area (Å²) in [5.74, 6) is -0.325. The molecule has 1 aromatic heterocycles. The summed E-state index contributed by atoms with van der Waals surface area (Å²) >= 11 is 3.40. The van der Waals surface area contributed by atoms with Crippen LogP contribution in [0.1, 0.15) is 41.7 Å². The largest absolute Gasteiger partial charge is 0.469 e. The number of benzene rings is 1. The summed E-state index contributed by atoms with van der Waals surface area (Å²) < 4.78 is 7.33. The molecule has 0 fully saturated rings. The average Bonchev–Trinajstić information content (AvgIpc) is 2.99. The fraction of sp³-hybridized carbons (Fsp3) is 0.389. The van der Waals surface area contributed by atoms with E-state index in [0.29, 0.717) is 18.5 Å². The highest BCUT2D eigenvalue weighted by molar-refractivity contribution is 9.10. The van der Waals surface area contributed by atoms with Crippen molar-refractivity contribution >= 4 is 27.8 Å². The van der Waals surface area contributed by atoms with Gasteiger partial charge in [0.05, 0.1) is 30.3 Å². The fourth-order valence-electron chi connectivity index (χ4n) is 2.45. The average molecular weight is 408 g/mol. The Labute approximate surface area is 155 Å². The summed E-state index contributed by atoms with van der Waals surface area (Å²) in [4.78, 5) is 23.3. The molecule has 2 rings (SSSR count). The zero-order valence-corrected chi connectivity index (χ0v) is 16.0. The van der Waals surface area contributed by atoms with Gasteiger partial charge in [-0.05, 0) is 44.0 Å². The minimum absolute atomic E-state index is 0.131. The number of methoxy groups -OCH3 is 1. The Morgan fingerprint density at radius 3 is 2.60 bits per heavy atom. The van der Waals surface area contributed by atoms with Gasteiger partial charge in [0.2, 0.25) is 0 Å². The van der Waals surface area contributed by atoms with Crippen molar-refractivity contribution in [1.82, 2.24) is 15.1 Å². The number of hydrogen-bond acceptors (Lipinski definition) is 4. The van der Waals surface area contributed by atoms with Crippen LogP contribution in [0, 0.1) is 6.92 Å². The topological polar surface area (TPSA) is 73.2 Å². The molecular formula is C18H22BrN3O3. The maximum absolute atomic E-state index is 12.3. The van der Waals surface area contributed by atoms with Crippen molar-refractivity contribution in [3.63, 3.8) is 0 Å². The van der Waals surface area contributed by atoms with E-state index in [2.05, 4.69) is 31.1 Å². The molecule has 134 valence electrons. The van der Waals surface area contributed by atoms with Crippen LogP contribution in [0.2, 0.25) is 0 Å². The minimum Gasteiger partial charge on any atom is -0.469 e. The zero-order valence-electron chi connectivity index (χ0n) is 14.4. The van der Waals surface area contributed by atoms with E-state index in [-0.39, 0.29) is 11.9 Å². The Hall–Kier alpha value is -2.15. The fourth-order valence-corrected chi connectivity index (χ4v) is 2.71. The van der Waals surface area contributed by atoms with E-state index in [1.54, 1.807) is 10.9 Å². The summed E-state index contributed by atoms with van der Waals surface area (Å²) in [6.45, 7) is 2.45. The van der Waals surface area contributed by atoms with Gasteiger partial charge in [0.15, 0.2) is 0 Å². The molecule has 0 bridgehead atoms. The van der Waals surface area contributed by atoms with E-state index in [4.69, 9.17) is 0 Å². The van der Waals surface area contributed by atoms with Crippen LogP contribution in [0.3, 0.4) is 0 Å². The molecule has 7 heteroatoms. The molecule has 0 atom stereocenters. The molecule has 0 spiro atoms. The van der Waals surface area contributed by atoms with Gasteiger partial charge < -0.3 is 10.1 Å². The van der Waals surface area contributed by atoms with Crippen LogP contribution in [0.5, 0.6) is 0 Å². The van der Waals surface area contributed by atoms with E-state index in [0.717, 1.165) is 35.1 Å². The second kappa shape index (κ2) is 9.36. The predicted molar refractivity (Wildman–Crippen MR) is 98.8 cm³/mol. The number of nitrogens with zero attached hydrogens (tertiary/aromatic N) is 2. The third-order valence-corrected chi connectivity index (χ3v) is 4.43. The summed E-state index contributed by atoms with van der Waals surface area (Å²) in [5, 5.41) is 7.21. The number of aromatic nitrogens is 2. The molecular weight excluding hydrogens is 386 g/mol. The lowest BCUT2D eigenvalue weighted by atomic mass is 10.2. The van der Waals surface area contributed by atoms with Crippen molar-refractivity contribution in [3.8, 4) is 5.69 Å². The standard InChI is InChI=1S/C18H22BrN3O3/c1-13-16(12-21-22(13)15-9-7-14(19)8-10-15)18(24)20-11-5-3-4-6-17(23)25-2/h7-10,12H,3-6,11H2,1-2H3,(H,20,24). The molecule has 1 N–H and O–H groups in total. The van der Waals surface area contributed by atoms with Gasteiger partial charge >= 0.3 is 5.97 Å². The van der Waals surface area contributed by atoms with Crippen LogP contribution in [-0.4, -0.2) is 35.3 Å². The second-order valence-corrected chi connectivity index (χ2v) is 6.59. The van der Waals surface area contributed by atoms with Gasteiger partial charge in [-0.2, -0.15) is 5.10 Å². The Morgan fingerprint density at radius 2 is 1.92 bits per heavy atom. The Balaban J connectivity index is 1.84. The molecule has 0 saturated carbocycles. The van der Waals surface area contributed by atoms with E-state index in [1.165, 1.54) is 7.11 Å². The third kappa shape index (κ3) is 5.42. The number of esters is 1. The van der Waals surface area contributed by atoms with E-state index in [1.807, 2.05) is 31.2 Å². The Morgan fingerprint density at radius 1 is 1.20 bits per heavy atom. The van der Waals surface area contributed by atoms with Gasteiger partial charge in [-0.25, -0.2) is 4.68 Å². The molecule has 6 nitrogen and oxygen atoms in total. The van der Waals surface area contributed by atoms with Crippen LogP contribution in [0.4, 0.5) is 0 Å². The van der Waals surface area contributed by atoms with Crippen LogP contribution in [0.25, 0.3) is 5.69 Å². The van der Waals surface area contributed by atoms with Gasteiger partial charge in [0.1, 0.15) is 0 Å². The highest BCUT2D eigenvalue weighted by Crippen LogP contribution is 2.17. The number of rotatable bonds is 8. The number of unbranched alkanes of at least 4 members (excludes halogenated alkanes) is 2. The molecule has 0 saturated heterocycles. The SMILES string of the molecule is COC(=O)CCCCCNC(=O)c1cnn(-c2ccc(Br)cc2)c1C. The summed E-state index contributed by atoms with van der Waals surface area (Å²) in [7, 11) is 1.39. The van der Waals surface area contributed by atoms with Crippen molar-refractivity contribution in [2.75, 3.05) is 13.7 Å². The van der Waals surface area contributed by atoms with Crippen molar-refractivity contribution in [2.45, 2.75) is 32.6 Å². The third-order valence-electron chi connectivity index (χ3n) is 3.90. The minimum atomic E-state index is -0.194. The van der Waals surface area contributed by atoms with Crippen LogP contribution < -0.4 is 5.32 Å². The van der Waals surface area contributed by atoms with Crippen molar-refractivity contribution in [3.05, 3.63) is 46.2 Å². The maximum atomic E-state index is 12.3. The van der Waals surface area contributed by atoms with Crippen LogP contribution in [-0.2, 0) is 9.53 Å². The first-order valence-electron chi connectivity index (χ1n) is 8.18. The molecule has 0 aliphatic carbocycles. The highest BCUT2D eigenvalue weighted by Gasteiger charge is 2.14. The number of ether oxygens (including phenoxy) is 1. The second-order valence-electron chi connectivity index (χ2n) is 5.67. The molecule has 0 unspecified atom stereocenters. The van der Waals surface area contributed by atoms with Gasteiger partial charge in [0.25, 0.3) is 5.91 Å². The van der Waals surface area contributed by atoms with E-state index >= 15 is 0 Å². The van der Waals surface area contributed by atoms with Crippen LogP contribution in [0.15, 0.2) is 34.9 Å². The summed E-state index contributed by atoms with van der Waals surface area (Å²) in [6.07, 6.45) is 4.46. The summed E-state index contributed by atoms with van der Waals surface area (Å²) in [5.41, 5.74) is 2.27. The molecule has 2 aromatic rings. The molecule has 0 radical (unpaired) electrons. The lowest BCUT2D eigenvalue weighted by molar-refractivity contribution is -0.140. The number of halogens is 1. The van der Waals surface area contributed by atoms with Crippen molar-refractivity contribution in [2.24, 2.45) is 0 Å². The van der Waals surface area contributed by atoms with Gasteiger partial charge in [0, 0.05) is 17.4 Å². The highest BCUT2D eigenvalue weighted by atomic mass is 79.9. The molecule has 1 aromatic carbocycles. The number of carbonyl (C=O) groups is 2. The normalized spacial score (nSPS) is 10.5. The molecule has 1 heterocycles. The van der Waals surface area contributed by atoms with Gasteiger partial charge in [-0.1, -0.05) is 22.4 Å². The Kier molecular flexibility index (Phi) is 7.18. The molecule has 25 heavy (non-hydrogen) atoms. The first-order valence-corrected chi connectivity index (χ1v) is 8.98. The molecule has 0 aliphatic heterocycles. The first-order chi connectivity index (χ1) is 12.0. The number of hydrogen-bond donors (Lipinski definition) is 1. The monoisotopic (exact) mass is 407 g/mol. The predicted octanol–water partition coefficient (Wildman–Crippen LogP) is 3.41. The van der Waals surface area contributed by atoms with Gasteiger partial charge in [-0.3, -0.25) is 9.59 Å². The lowest BCUT2D eigenvalue weighted by Gasteiger charge is -2.07. The maximum Gasteiger partial charge on any atom is 0.305 e. The van der Waals surface area contributed by atoms with Gasteiger partial charge in [-0.15, -0.1) is 0 Å². The van der Waals surface area contributed by atoms with E-state index in [9.17, 15) is 9.59 Å². The first kappa shape index (κ1) is 19.2. The van der Waals surface area contributed by atoms with Crippen molar-refractivity contribution in [1.29, 1.82) is 0 Å².